The number of carbonyl (C=O) groups excluding carboxylic acids is 2. The van der Waals surface area contributed by atoms with E-state index in [-0.39, 0.29) is 11.3 Å². The third-order valence-electron chi connectivity index (χ3n) is 7.92. The second-order valence-electron chi connectivity index (χ2n) is 11.7. The van der Waals surface area contributed by atoms with Gasteiger partial charge in [-0.25, -0.2) is 9.59 Å². The lowest BCUT2D eigenvalue weighted by atomic mass is 10.0. The molecule has 0 heterocycles. The molecule has 0 bridgehead atoms. The minimum absolute atomic E-state index is 0.278. The summed E-state index contributed by atoms with van der Waals surface area (Å²) in [6.45, 7) is 2.86. The van der Waals surface area contributed by atoms with Crippen molar-refractivity contribution in [2.45, 2.75) is 110 Å². The number of halogens is 1. The molecule has 7 heteroatoms. The van der Waals surface area contributed by atoms with Crippen molar-refractivity contribution in [3.8, 4) is 23.3 Å². The number of rotatable bonds is 22. The van der Waals surface area contributed by atoms with Gasteiger partial charge in [0, 0.05) is 0 Å². The quantitative estimate of drug-likeness (QED) is 0.0614. The van der Waals surface area contributed by atoms with Gasteiger partial charge in [0.2, 0.25) is 0 Å². The minimum Gasteiger partial charge on any atom is -0.492 e. The van der Waals surface area contributed by atoms with E-state index in [0.29, 0.717) is 34.3 Å². The molecule has 0 radical (unpaired) electrons. The zero-order valence-corrected chi connectivity index (χ0v) is 28.0. The van der Waals surface area contributed by atoms with Crippen molar-refractivity contribution in [2.75, 3.05) is 6.61 Å². The van der Waals surface area contributed by atoms with Gasteiger partial charge in [0.1, 0.15) is 17.2 Å². The molecular weight excluding hydrogens is 598 g/mol. The summed E-state index contributed by atoms with van der Waals surface area (Å²) in [6, 6.07) is 19.2. The van der Waals surface area contributed by atoms with Gasteiger partial charge in [0.15, 0.2) is 0 Å². The summed E-state index contributed by atoms with van der Waals surface area (Å²) in [4.78, 5) is 25.1. The first-order valence-electron chi connectivity index (χ1n) is 17.0. The average molecular weight is 646 g/mol. The maximum absolute atomic E-state index is 12.7. The topological polar surface area (TPSA) is 85.6 Å². The lowest BCUT2D eigenvalue weighted by molar-refractivity contribution is 0.0730. The van der Waals surface area contributed by atoms with Gasteiger partial charge in [-0.3, -0.25) is 0 Å². The number of carbonyl (C=O) groups is 2. The minimum atomic E-state index is -0.570. The van der Waals surface area contributed by atoms with Crippen molar-refractivity contribution >= 4 is 23.5 Å². The fourth-order valence-corrected chi connectivity index (χ4v) is 5.40. The molecule has 0 unspecified atom stereocenters. The molecular formula is C39H48ClNO5. The Hall–Kier alpha value is -3.82. The van der Waals surface area contributed by atoms with Gasteiger partial charge in [-0.15, -0.1) is 0 Å². The van der Waals surface area contributed by atoms with E-state index in [1.165, 1.54) is 120 Å². The van der Waals surface area contributed by atoms with Crippen LogP contribution >= 0.6 is 11.6 Å². The molecule has 0 aliphatic carbocycles. The van der Waals surface area contributed by atoms with Crippen molar-refractivity contribution in [1.82, 2.24) is 0 Å². The van der Waals surface area contributed by atoms with Gasteiger partial charge >= 0.3 is 11.9 Å². The predicted octanol–water partition coefficient (Wildman–Crippen LogP) is 11.3. The molecule has 46 heavy (non-hydrogen) atoms. The summed E-state index contributed by atoms with van der Waals surface area (Å²) in [5.74, 6) is 0.0155. The van der Waals surface area contributed by atoms with Crippen LogP contribution in [0, 0.1) is 11.3 Å². The number of hydrogen-bond acceptors (Lipinski definition) is 6. The van der Waals surface area contributed by atoms with Gasteiger partial charge in [0.05, 0.1) is 34.4 Å². The molecule has 0 fully saturated rings. The summed E-state index contributed by atoms with van der Waals surface area (Å²) < 4.78 is 16.6. The predicted molar refractivity (Wildman–Crippen MR) is 184 cm³/mol. The van der Waals surface area contributed by atoms with E-state index in [1.54, 1.807) is 36.4 Å². The largest absolute Gasteiger partial charge is 0.492 e. The standard InChI is InChI=1S/C39H48ClNO5/c1-2-3-4-5-6-7-8-9-10-11-12-13-14-15-16-17-28-44-37-27-22-33(29-36(37)40)39(43)46-35-25-20-32(21-26-35)38(42)45-34-23-18-31(30-41)19-24-34/h18-27,29H,2-17,28H2,1H3. The number of hydrogen-bond donors (Lipinski definition) is 0. The third kappa shape index (κ3) is 14.1. The van der Waals surface area contributed by atoms with Crippen LogP contribution in [-0.4, -0.2) is 18.5 Å². The van der Waals surface area contributed by atoms with E-state index in [2.05, 4.69) is 6.92 Å². The van der Waals surface area contributed by atoms with Gasteiger partial charge in [-0.2, -0.15) is 5.26 Å². The maximum atomic E-state index is 12.7. The number of esters is 2. The van der Waals surface area contributed by atoms with Crippen LogP contribution in [0.1, 0.15) is 136 Å². The third-order valence-corrected chi connectivity index (χ3v) is 8.21. The van der Waals surface area contributed by atoms with E-state index in [9.17, 15) is 9.59 Å². The molecule has 0 N–H and O–H groups in total. The fourth-order valence-electron chi connectivity index (χ4n) is 5.17. The van der Waals surface area contributed by atoms with Gasteiger partial charge in [0.25, 0.3) is 0 Å². The Morgan fingerprint density at radius 3 is 1.52 bits per heavy atom. The first-order valence-corrected chi connectivity index (χ1v) is 17.3. The highest BCUT2D eigenvalue weighted by atomic mass is 35.5. The maximum Gasteiger partial charge on any atom is 0.343 e. The second kappa shape index (κ2) is 21.8. The fraction of sp³-hybridized carbons (Fsp3) is 0.462. The highest BCUT2D eigenvalue weighted by Gasteiger charge is 2.14. The van der Waals surface area contributed by atoms with Crippen LogP contribution in [0.3, 0.4) is 0 Å². The highest BCUT2D eigenvalue weighted by molar-refractivity contribution is 6.32. The van der Waals surface area contributed by atoms with Crippen LogP contribution in [0.5, 0.6) is 17.2 Å². The number of unbranched alkanes of at least 4 members (excludes halogenated alkanes) is 15. The normalized spacial score (nSPS) is 10.7. The number of benzene rings is 3. The van der Waals surface area contributed by atoms with Crippen LogP contribution in [0.4, 0.5) is 0 Å². The van der Waals surface area contributed by atoms with Crippen molar-refractivity contribution in [1.29, 1.82) is 5.26 Å². The van der Waals surface area contributed by atoms with Crippen LogP contribution in [0.15, 0.2) is 66.7 Å². The Kier molecular flexibility index (Phi) is 17.4. The lowest BCUT2D eigenvalue weighted by Gasteiger charge is -2.10. The molecule has 0 spiro atoms. The molecule has 3 aromatic carbocycles. The number of ether oxygens (including phenoxy) is 3. The average Bonchev–Trinajstić information content (AvgIpc) is 3.07. The van der Waals surface area contributed by atoms with E-state index in [0.717, 1.165) is 12.8 Å². The summed E-state index contributed by atoms with van der Waals surface area (Å²) in [6.07, 6.45) is 21.2. The lowest BCUT2D eigenvalue weighted by Crippen LogP contribution is -2.10. The summed E-state index contributed by atoms with van der Waals surface area (Å²) >= 11 is 6.39. The van der Waals surface area contributed by atoms with Crippen molar-refractivity contribution < 1.29 is 23.8 Å². The molecule has 0 aromatic heterocycles. The van der Waals surface area contributed by atoms with Gasteiger partial charge < -0.3 is 14.2 Å². The van der Waals surface area contributed by atoms with E-state index < -0.39 is 11.9 Å². The van der Waals surface area contributed by atoms with Gasteiger partial charge in [-0.1, -0.05) is 115 Å². The van der Waals surface area contributed by atoms with Crippen molar-refractivity contribution in [3.05, 3.63) is 88.4 Å². The SMILES string of the molecule is CCCCCCCCCCCCCCCCCCOc1ccc(C(=O)Oc2ccc(C(=O)Oc3ccc(C#N)cc3)cc2)cc1Cl. The van der Waals surface area contributed by atoms with E-state index in [1.807, 2.05) is 6.07 Å². The van der Waals surface area contributed by atoms with Crippen LogP contribution in [-0.2, 0) is 0 Å². The molecule has 3 aromatic rings. The second-order valence-corrected chi connectivity index (χ2v) is 12.1. The molecule has 3 rings (SSSR count). The molecule has 0 saturated heterocycles. The summed E-state index contributed by atoms with van der Waals surface area (Å²) in [5, 5.41) is 9.23. The van der Waals surface area contributed by atoms with Gasteiger partial charge in [-0.05, 0) is 73.2 Å². The van der Waals surface area contributed by atoms with E-state index >= 15 is 0 Å². The first kappa shape index (κ1) is 36.6. The molecule has 0 amide bonds. The zero-order chi connectivity index (χ0) is 32.8. The Morgan fingerprint density at radius 2 is 1.04 bits per heavy atom. The molecule has 0 aliphatic heterocycles. The Labute approximate surface area is 280 Å². The smallest absolute Gasteiger partial charge is 0.343 e. The Morgan fingerprint density at radius 1 is 0.609 bits per heavy atom. The summed E-state index contributed by atoms with van der Waals surface area (Å²) in [5.41, 5.74) is 1.06. The van der Waals surface area contributed by atoms with Crippen LogP contribution in [0.2, 0.25) is 5.02 Å². The van der Waals surface area contributed by atoms with Crippen LogP contribution < -0.4 is 14.2 Å². The molecule has 0 saturated carbocycles. The summed E-state index contributed by atoms with van der Waals surface area (Å²) in [7, 11) is 0. The number of nitriles is 1. The van der Waals surface area contributed by atoms with Crippen molar-refractivity contribution in [3.63, 3.8) is 0 Å². The molecule has 0 aliphatic rings. The van der Waals surface area contributed by atoms with Crippen molar-refractivity contribution in [2.24, 2.45) is 0 Å². The van der Waals surface area contributed by atoms with Crippen LogP contribution in [0.25, 0.3) is 0 Å². The Bertz CT molecular complexity index is 1360. The monoisotopic (exact) mass is 645 g/mol. The molecule has 246 valence electrons. The number of nitrogens with zero attached hydrogens (tertiary/aromatic N) is 1. The first-order chi connectivity index (χ1) is 22.5. The molecule has 6 nitrogen and oxygen atoms in total. The van der Waals surface area contributed by atoms with E-state index in [4.69, 9.17) is 31.1 Å². The highest BCUT2D eigenvalue weighted by Crippen LogP contribution is 2.27. The zero-order valence-electron chi connectivity index (χ0n) is 27.2. The molecule has 0 atom stereocenters. The Balaban J connectivity index is 1.26.